The van der Waals surface area contributed by atoms with Gasteiger partial charge in [0.25, 0.3) is 0 Å². The molecule has 1 fully saturated rings. The van der Waals surface area contributed by atoms with Crippen molar-refractivity contribution >= 4 is 0 Å². The van der Waals surface area contributed by atoms with Gasteiger partial charge in [0.05, 0.1) is 17.6 Å². The predicted molar refractivity (Wildman–Crippen MR) is 74.3 cm³/mol. The van der Waals surface area contributed by atoms with Crippen molar-refractivity contribution in [2.75, 3.05) is 26.7 Å². The summed E-state index contributed by atoms with van der Waals surface area (Å²) in [6.07, 6.45) is 0.965. The third kappa shape index (κ3) is 5.22. The van der Waals surface area contributed by atoms with Gasteiger partial charge in [-0.05, 0) is 26.7 Å². The molecule has 0 saturated carbocycles. The van der Waals surface area contributed by atoms with Crippen molar-refractivity contribution < 1.29 is 9.81 Å². The van der Waals surface area contributed by atoms with Crippen molar-refractivity contribution in [2.45, 2.75) is 52.7 Å². The summed E-state index contributed by atoms with van der Waals surface area (Å²) in [5, 5.41) is 16.9. The average Bonchev–Trinajstić information content (AvgIpc) is 2.70. The normalized spacial score (nSPS) is 22.1. The Morgan fingerprint density at radius 2 is 2.11 bits per heavy atom. The molecule has 1 saturated heterocycles. The zero-order valence-corrected chi connectivity index (χ0v) is 13.1. The molecule has 1 aliphatic heterocycles. The summed E-state index contributed by atoms with van der Waals surface area (Å²) < 4.78 is 0. The number of likely N-dealkylation sites (tertiary alicyclic amines) is 1. The third-order valence-corrected chi connectivity index (χ3v) is 3.35. The molecule has 1 heterocycles. The molecule has 0 aromatic carbocycles. The highest BCUT2D eigenvalue weighted by Crippen LogP contribution is 2.15. The molecule has 19 heavy (non-hydrogen) atoms. The van der Waals surface area contributed by atoms with Crippen LogP contribution in [0.5, 0.6) is 0 Å². The minimum absolute atomic E-state index is 0.0311. The van der Waals surface area contributed by atoms with E-state index in [1.165, 1.54) is 5.01 Å². The van der Waals surface area contributed by atoms with Gasteiger partial charge < -0.3 is 10.0 Å². The molecule has 0 unspecified atom stereocenters. The van der Waals surface area contributed by atoms with E-state index in [9.17, 15) is 5.21 Å². The molecule has 0 N–H and O–H groups in total. The van der Waals surface area contributed by atoms with Crippen LogP contribution in [0.25, 0.3) is 0 Å². The van der Waals surface area contributed by atoms with Crippen LogP contribution in [-0.4, -0.2) is 53.2 Å². The molecule has 0 aliphatic carbocycles. The van der Waals surface area contributed by atoms with Crippen molar-refractivity contribution in [3.05, 3.63) is 5.21 Å². The van der Waals surface area contributed by atoms with E-state index in [1.54, 1.807) is 7.05 Å². The van der Waals surface area contributed by atoms with Gasteiger partial charge in [0.15, 0.2) is 0 Å². The predicted octanol–water partition coefficient (Wildman–Crippen LogP) is 2.26. The fraction of sp³-hybridized carbons (Fsp3) is 1.00. The minimum atomic E-state index is -0.270. The Balaban J connectivity index is 2.41. The van der Waals surface area contributed by atoms with E-state index in [4.69, 9.17) is 4.84 Å². The van der Waals surface area contributed by atoms with E-state index in [-0.39, 0.29) is 11.6 Å². The van der Waals surface area contributed by atoms with Crippen LogP contribution in [0.3, 0.4) is 0 Å². The number of hydrogen-bond donors (Lipinski definition) is 0. The Hall–Kier alpha value is -1.04. The largest absolute Gasteiger partial charge is 0.569 e. The molecule has 6 heteroatoms. The second-order valence-corrected chi connectivity index (χ2v) is 6.70. The lowest BCUT2D eigenvalue weighted by atomic mass is 10.1. The van der Waals surface area contributed by atoms with Crippen LogP contribution < -0.4 is 0 Å². The maximum atomic E-state index is 11.7. The van der Waals surface area contributed by atoms with E-state index in [2.05, 4.69) is 24.0 Å². The SMILES string of the molecule is CC(C)CN1CC[C@@H](O/N=[N+](\[O-])N(C)C(C)(C)C)C1. The first-order valence-electron chi connectivity index (χ1n) is 7.00. The molecular weight excluding hydrogens is 244 g/mol. The summed E-state index contributed by atoms with van der Waals surface area (Å²) in [5.74, 6) is 0.652. The molecule has 112 valence electrons. The van der Waals surface area contributed by atoms with Crippen molar-refractivity contribution in [3.63, 3.8) is 0 Å². The summed E-state index contributed by atoms with van der Waals surface area (Å²) in [5.41, 5.74) is -0.270. The summed E-state index contributed by atoms with van der Waals surface area (Å²) in [4.78, 5) is 8.24. The van der Waals surface area contributed by atoms with E-state index >= 15 is 0 Å². The molecule has 0 bridgehead atoms. The van der Waals surface area contributed by atoms with Gasteiger partial charge in [0, 0.05) is 26.1 Å². The Morgan fingerprint density at radius 3 is 2.63 bits per heavy atom. The van der Waals surface area contributed by atoms with Gasteiger partial charge in [-0.2, -0.15) is 0 Å². The van der Waals surface area contributed by atoms with Crippen molar-refractivity contribution in [2.24, 2.45) is 11.2 Å². The van der Waals surface area contributed by atoms with Gasteiger partial charge in [-0.25, -0.2) is 0 Å². The van der Waals surface area contributed by atoms with Gasteiger partial charge in [-0.1, -0.05) is 13.8 Å². The lowest BCUT2D eigenvalue weighted by Crippen LogP contribution is -2.42. The molecule has 0 aromatic rings. The van der Waals surface area contributed by atoms with Gasteiger partial charge in [0.2, 0.25) is 5.28 Å². The standard InChI is InChI=1S/C13H28N4O2/c1-11(2)9-16-8-7-12(10-16)19-14-17(18)15(6)13(3,4)5/h11-12H,7-10H2,1-6H3/b17-14-/t12-/m1/s1. The van der Waals surface area contributed by atoms with Crippen LogP contribution in [-0.2, 0) is 4.84 Å². The fourth-order valence-corrected chi connectivity index (χ4v) is 1.98. The first kappa shape index (κ1) is 16.0. The molecule has 6 nitrogen and oxygen atoms in total. The second-order valence-electron chi connectivity index (χ2n) is 6.70. The first-order chi connectivity index (χ1) is 8.70. The van der Waals surface area contributed by atoms with Crippen LogP contribution in [0.15, 0.2) is 5.28 Å². The van der Waals surface area contributed by atoms with Gasteiger partial charge >= 0.3 is 0 Å². The molecular formula is C13H28N4O2. The number of rotatable bonds is 5. The van der Waals surface area contributed by atoms with Gasteiger partial charge in [0.1, 0.15) is 6.10 Å². The zero-order chi connectivity index (χ0) is 14.6. The highest BCUT2D eigenvalue weighted by Gasteiger charge is 2.27. The van der Waals surface area contributed by atoms with Crippen LogP contribution in [0.1, 0.15) is 41.0 Å². The van der Waals surface area contributed by atoms with Crippen LogP contribution >= 0.6 is 0 Å². The minimum Gasteiger partial charge on any atom is -0.569 e. The van der Waals surface area contributed by atoms with Crippen molar-refractivity contribution in [1.82, 2.24) is 9.91 Å². The molecule has 1 rings (SSSR count). The van der Waals surface area contributed by atoms with Crippen molar-refractivity contribution in [1.29, 1.82) is 0 Å². The fourth-order valence-electron chi connectivity index (χ4n) is 1.98. The molecule has 0 aromatic heterocycles. The Labute approximate surface area is 116 Å². The van der Waals surface area contributed by atoms with Crippen molar-refractivity contribution in [3.8, 4) is 0 Å². The van der Waals surface area contributed by atoms with Crippen LogP contribution in [0, 0.1) is 11.1 Å². The Kier molecular flexibility index (Phi) is 5.40. The topological polar surface area (TPSA) is 54.1 Å². The molecule has 0 spiro atoms. The van der Waals surface area contributed by atoms with E-state index in [0.717, 1.165) is 26.1 Å². The Bertz CT molecular complexity index is 312. The second kappa shape index (κ2) is 6.41. The lowest BCUT2D eigenvalue weighted by Gasteiger charge is -2.26. The summed E-state index contributed by atoms with van der Waals surface area (Å²) >= 11 is 0. The zero-order valence-electron chi connectivity index (χ0n) is 13.1. The maximum absolute atomic E-state index is 11.7. The maximum Gasteiger partial charge on any atom is 0.233 e. The number of nitrogens with zero attached hydrogens (tertiary/aromatic N) is 4. The summed E-state index contributed by atoms with van der Waals surface area (Å²) in [7, 11) is 1.71. The molecule has 1 atom stereocenters. The van der Waals surface area contributed by atoms with Crippen LogP contribution in [0.2, 0.25) is 0 Å². The van der Waals surface area contributed by atoms with Gasteiger partial charge in [-0.3, -0.25) is 4.90 Å². The van der Waals surface area contributed by atoms with Crippen LogP contribution in [0.4, 0.5) is 0 Å². The third-order valence-electron chi connectivity index (χ3n) is 3.35. The number of hydrazine groups is 1. The number of hydrogen-bond acceptors (Lipinski definition) is 4. The quantitative estimate of drug-likeness (QED) is 0.437. The molecule has 1 aliphatic rings. The van der Waals surface area contributed by atoms with E-state index in [0.29, 0.717) is 10.9 Å². The highest BCUT2D eigenvalue weighted by molar-refractivity contribution is 4.75. The van der Waals surface area contributed by atoms with Gasteiger partial charge in [-0.15, -0.1) is 5.01 Å². The molecule has 0 amide bonds. The monoisotopic (exact) mass is 272 g/mol. The van der Waals surface area contributed by atoms with E-state index < -0.39 is 0 Å². The average molecular weight is 272 g/mol. The highest BCUT2D eigenvalue weighted by atomic mass is 16.7. The van der Waals surface area contributed by atoms with E-state index in [1.807, 2.05) is 20.8 Å². The lowest BCUT2D eigenvalue weighted by molar-refractivity contribution is -0.720. The first-order valence-corrected chi connectivity index (χ1v) is 7.00. The summed E-state index contributed by atoms with van der Waals surface area (Å²) in [6.45, 7) is 13.2. The smallest absolute Gasteiger partial charge is 0.233 e. The molecule has 0 radical (unpaired) electrons. The summed E-state index contributed by atoms with van der Waals surface area (Å²) in [6, 6.07) is 0. The Morgan fingerprint density at radius 1 is 1.47 bits per heavy atom.